The van der Waals surface area contributed by atoms with Crippen LogP contribution in [0.1, 0.15) is 6.92 Å². The first-order valence-electron chi connectivity index (χ1n) is 8.77. The zero-order valence-electron chi connectivity index (χ0n) is 14.9. The van der Waals surface area contributed by atoms with E-state index in [1.807, 2.05) is 37.3 Å². The highest BCUT2D eigenvalue weighted by Crippen LogP contribution is 2.22. The molecule has 25 heavy (non-hydrogen) atoms. The Morgan fingerprint density at radius 3 is 2.40 bits per heavy atom. The maximum Gasteiger partial charge on any atom is 0.282 e. The van der Waals surface area contributed by atoms with Crippen molar-refractivity contribution < 1.29 is 14.4 Å². The van der Waals surface area contributed by atoms with E-state index in [2.05, 4.69) is 34.5 Å². The lowest BCUT2D eigenvalue weighted by Gasteiger charge is -2.36. The van der Waals surface area contributed by atoms with E-state index in [-0.39, 0.29) is 11.9 Å². The molecule has 5 heteroatoms. The quantitative estimate of drug-likeness (QED) is 0.866. The molecule has 1 saturated heterocycles. The fourth-order valence-electron chi connectivity index (χ4n) is 3.30. The van der Waals surface area contributed by atoms with E-state index in [1.165, 1.54) is 10.6 Å². The lowest BCUT2D eigenvalue weighted by molar-refractivity contribution is -0.914. The fraction of sp³-hybridized carbons (Fsp3) is 0.350. The Kier molecular flexibility index (Phi) is 5.56. The number of rotatable bonds is 5. The third-order valence-corrected chi connectivity index (χ3v) is 4.90. The number of hydrogen-bond acceptors (Lipinski definition) is 3. The zero-order chi connectivity index (χ0) is 17.6. The third kappa shape index (κ3) is 4.12. The smallest absolute Gasteiger partial charge is 0.282 e. The minimum absolute atomic E-state index is 0.0349. The summed E-state index contributed by atoms with van der Waals surface area (Å²) in [7, 11) is 1.61. The van der Waals surface area contributed by atoms with Crippen LogP contribution in [-0.4, -0.2) is 45.2 Å². The van der Waals surface area contributed by atoms with Crippen molar-refractivity contribution >= 4 is 17.3 Å². The minimum Gasteiger partial charge on any atom is -0.495 e. The van der Waals surface area contributed by atoms with E-state index in [1.54, 1.807) is 7.11 Å². The summed E-state index contributed by atoms with van der Waals surface area (Å²) in [5, 5.41) is 3.00. The Bertz CT molecular complexity index is 697. The lowest BCUT2D eigenvalue weighted by atomic mass is 10.2. The van der Waals surface area contributed by atoms with Crippen molar-refractivity contribution in [3.05, 3.63) is 54.6 Å². The Morgan fingerprint density at radius 1 is 1.08 bits per heavy atom. The number of piperazine rings is 1. The van der Waals surface area contributed by atoms with E-state index in [4.69, 9.17) is 4.74 Å². The molecule has 0 aliphatic carbocycles. The van der Waals surface area contributed by atoms with Crippen molar-refractivity contribution in [3.8, 4) is 5.75 Å². The van der Waals surface area contributed by atoms with Gasteiger partial charge in [-0.25, -0.2) is 0 Å². The van der Waals surface area contributed by atoms with Gasteiger partial charge in [-0.15, -0.1) is 0 Å². The Hall–Kier alpha value is -2.53. The molecule has 3 rings (SSSR count). The molecule has 0 aromatic heterocycles. The summed E-state index contributed by atoms with van der Waals surface area (Å²) in [4.78, 5) is 16.3. The van der Waals surface area contributed by atoms with Crippen LogP contribution in [0.4, 0.5) is 11.4 Å². The number of carbonyl (C=O) groups excluding carboxylic acids is 1. The van der Waals surface area contributed by atoms with Crippen molar-refractivity contribution in [3.63, 3.8) is 0 Å². The molecule has 1 fully saturated rings. The molecule has 1 aliphatic rings. The number of methoxy groups -OCH3 is 1. The number of amides is 1. The number of quaternary nitrogens is 1. The highest BCUT2D eigenvalue weighted by molar-refractivity contribution is 5.94. The molecule has 0 unspecified atom stereocenters. The number of carbonyl (C=O) groups is 1. The zero-order valence-corrected chi connectivity index (χ0v) is 14.9. The van der Waals surface area contributed by atoms with Crippen LogP contribution >= 0.6 is 0 Å². The van der Waals surface area contributed by atoms with E-state index in [0.717, 1.165) is 31.9 Å². The molecule has 1 amide bonds. The second-order valence-corrected chi connectivity index (χ2v) is 6.39. The predicted molar refractivity (Wildman–Crippen MR) is 100 cm³/mol. The topological polar surface area (TPSA) is 46.0 Å². The predicted octanol–water partition coefficient (Wildman–Crippen LogP) is 1.43. The summed E-state index contributed by atoms with van der Waals surface area (Å²) >= 11 is 0. The van der Waals surface area contributed by atoms with Gasteiger partial charge in [-0.2, -0.15) is 0 Å². The normalized spacial score (nSPS) is 16.3. The number of hydrogen-bond donors (Lipinski definition) is 2. The van der Waals surface area contributed by atoms with Crippen molar-refractivity contribution in [2.45, 2.75) is 13.0 Å². The highest BCUT2D eigenvalue weighted by Gasteiger charge is 2.29. The van der Waals surface area contributed by atoms with Gasteiger partial charge < -0.3 is 19.9 Å². The van der Waals surface area contributed by atoms with Gasteiger partial charge in [0.15, 0.2) is 6.04 Å². The number of nitrogens with one attached hydrogen (secondary N) is 2. The summed E-state index contributed by atoms with van der Waals surface area (Å²) in [6, 6.07) is 17.9. The van der Waals surface area contributed by atoms with Crippen LogP contribution in [0.25, 0.3) is 0 Å². The molecule has 0 saturated carbocycles. The molecule has 0 radical (unpaired) electrons. The average molecular weight is 340 g/mol. The first-order valence-corrected chi connectivity index (χ1v) is 8.77. The highest BCUT2D eigenvalue weighted by atomic mass is 16.5. The van der Waals surface area contributed by atoms with Crippen LogP contribution < -0.4 is 19.9 Å². The van der Waals surface area contributed by atoms with E-state index >= 15 is 0 Å². The summed E-state index contributed by atoms with van der Waals surface area (Å²) in [6.07, 6.45) is 0. The van der Waals surface area contributed by atoms with Crippen LogP contribution in [0.3, 0.4) is 0 Å². The summed E-state index contributed by atoms with van der Waals surface area (Å²) in [6.45, 7) is 5.83. The summed E-state index contributed by atoms with van der Waals surface area (Å²) in [5.41, 5.74) is 1.98. The van der Waals surface area contributed by atoms with Gasteiger partial charge in [0.05, 0.1) is 39.0 Å². The minimum atomic E-state index is -0.0946. The van der Waals surface area contributed by atoms with Gasteiger partial charge in [0, 0.05) is 5.69 Å². The maximum atomic E-state index is 12.6. The molecular weight excluding hydrogens is 314 g/mol. The number of nitrogens with zero attached hydrogens (tertiary/aromatic N) is 1. The molecule has 1 aliphatic heterocycles. The van der Waals surface area contributed by atoms with Gasteiger partial charge in [-0.1, -0.05) is 30.3 Å². The van der Waals surface area contributed by atoms with Crippen LogP contribution in [0, 0.1) is 0 Å². The van der Waals surface area contributed by atoms with Crippen LogP contribution in [-0.2, 0) is 4.79 Å². The number of para-hydroxylation sites is 3. The monoisotopic (exact) mass is 340 g/mol. The molecule has 2 aromatic rings. The lowest BCUT2D eigenvalue weighted by Crippen LogP contribution is -3.19. The molecule has 2 aromatic carbocycles. The van der Waals surface area contributed by atoms with E-state index in [9.17, 15) is 4.79 Å². The van der Waals surface area contributed by atoms with Crippen molar-refractivity contribution in [2.75, 3.05) is 43.5 Å². The van der Waals surface area contributed by atoms with Crippen molar-refractivity contribution in [1.82, 2.24) is 0 Å². The number of ether oxygens (including phenoxy) is 1. The van der Waals surface area contributed by atoms with Gasteiger partial charge in [0.25, 0.3) is 5.91 Å². The van der Waals surface area contributed by atoms with Crippen LogP contribution in [0.2, 0.25) is 0 Å². The second kappa shape index (κ2) is 8.03. The van der Waals surface area contributed by atoms with Gasteiger partial charge in [-0.05, 0) is 31.2 Å². The van der Waals surface area contributed by atoms with E-state index < -0.39 is 0 Å². The number of benzene rings is 2. The standard InChI is InChI=1S/C20H25N3O2/c1-16(20(24)21-18-10-6-7-11-19(18)25-2)22-12-14-23(15-13-22)17-8-4-3-5-9-17/h3-11,16H,12-15H2,1-2H3,(H,21,24)/p+1/t16-/m1/s1. The molecular formula is C20H26N3O2+. The van der Waals surface area contributed by atoms with Gasteiger partial charge >= 0.3 is 0 Å². The molecule has 0 spiro atoms. The van der Waals surface area contributed by atoms with Gasteiger partial charge in [0.1, 0.15) is 5.75 Å². The summed E-state index contributed by atoms with van der Waals surface area (Å²) < 4.78 is 5.31. The Labute approximate surface area is 149 Å². The average Bonchev–Trinajstić information content (AvgIpc) is 2.68. The fourth-order valence-corrected chi connectivity index (χ4v) is 3.30. The third-order valence-electron chi connectivity index (χ3n) is 4.90. The largest absolute Gasteiger partial charge is 0.495 e. The van der Waals surface area contributed by atoms with Crippen molar-refractivity contribution in [1.29, 1.82) is 0 Å². The molecule has 5 nitrogen and oxygen atoms in total. The summed E-state index contributed by atoms with van der Waals surface area (Å²) in [5.74, 6) is 0.722. The Balaban J connectivity index is 1.57. The maximum absolute atomic E-state index is 12.6. The first kappa shape index (κ1) is 17.3. The first-order chi connectivity index (χ1) is 12.2. The van der Waals surface area contributed by atoms with Gasteiger partial charge in [-0.3, -0.25) is 4.79 Å². The van der Waals surface area contributed by atoms with Crippen LogP contribution in [0.15, 0.2) is 54.6 Å². The Morgan fingerprint density at radius 2 is 1.72 bits per heavy atom. The van der Waals surface area contributed by atoms with Crippen molar-refractivity contribution in [2.24, 2.45) is 0 Å². The van der Waals surface area contributed by atoms with Crippen LogP contribution in [0.5, 0.6) is 5.75 Å². The van der Waals surface area contributed by atoms with E-state index in [0.29, 0.717) is 5.75 Å². The SMILES string of the molecule is COc1ccccc1NC(=O)[C@@H](C)[NH+]1CCN(c2ccccc2)CC1. The molecule has 1 atom stereocenters. The molecule has 132 valence electrons. The molecule has 2 N–H and O–H groups in total. The second-order valence-electron chi connectivity index (χ2n) is 6.39. The molecule has 1 heterocycles. The number of anilines is 2. The molecule has 0 bridgehead atoms. The van der Waals surface area contributed by atoms with Gasteiger partial charge in [0.2, 0.25) is 0 Å².